The highest BCUT2D eigenvalue weighted by molar-refractivity contribution is 5.25. The number of hydrogen-bond donors (Lipinski definition) is 1. The van der Waals surface area contributed by atoms with Crippen molar-refractivity contribution >= 4 is 0 Å². The molecule has 0 fully saturated rings. The van der Waals surface area contributed by atoms with E-state index in [-0.39, 0.29) is 6.10 Å². The van der Waals surface area contributed by atoms with E-state index >= 15 is 0 Å². The van der Waals surface area contributed by atoms with Crippen molar-refractivity contribution in [3.63, 3.8) is 0 Å². The number of hydrogen-bond acceptors (Lipinski definition) is 2. The molecule has 21 heavy (non-hydrogen) atoms. The van der Waals surface area contributed by atoms with E-state index in [1.54, 1.807) is 0 Å². The number of ether oxygens (including phenoxy) is 1. The van der Waals surface area contributed by atoms with Gasteiger partial charge in [-0.2, -0.15) is 0 Å². The predicted molar refractivity (Wildman–Crippen MR) is 92.0 cm³/mol. The van der Waals surface area contributed by atoms with Crippen LogP contribution in [0.5, 0.6) is 0 Å². The summed E-state index contributed by atoms with van der Waals surface area (Å²) in [6.07, 6.45) is 1.29. The Balaban J connectivity index is 2.81. The standard InChI is InChI=1S/C19H33NO/c1-7-20-18(19(15(5)6)21-8-2)13-16-9-11-17(12-10-16)14(3)4/h9-12,14-15,18-20H,7-8,13H2,1-6H3. The normalized spacial score (nSPS) is 14.7. The molecule has 2 unspecified atom stereocenters. The average molecular weight is 291 g/mol. The first-order valence-corrected chi connectivity index (χ1v) is 8.43. The second-order valence-electron chi connectivity index (χ2n) is 6.43. The van der Waals surface area contributed by atoms with Crippen LogP contribution in [-0.4, -0.2) is 25.3 Å². The number of likely N-dealkylation sites (N-methyl/N-ethyl adjacent to an activating group) is 1. The highest BCUT2D eigenvalue weighted by Crippen LogP contribution is 2.19. The van der Waals surface area contributed by atoms with Gasteiger partial charge in [0.15, 0.2) is 0 Å². The Labute approximate surface area is 131 Å². The monoisotopic (exact) mass is 291 g/mol. The van der Waals surface area contributed by atoms with Gasteiger partial charge in [0.25, 0.3) is 0 Å². The molecule has 120 valence electrons. The molecule has 2 nitrogen and oxygen atoms in total. The van der Waals surface area contributed by atoms with Crippen LogP contribution in [0.15, 0.2) is 24.3 Å². The summed E-state index contributed by atoms with van der Waals surface area (Å²) in [6, 6.07) is 9.42. The summed E-state index contributed by atoms with van der Waals surface area (Å²) in [5, 5.41) is 3.61. The third-order valence-corrected chi connectivity index (χ3v) is 3.98. The summed E-state index contributed by atoms with van der Waals surface area (Å²) >= 11 is 0. The summed E-state index contributed by atoms with van der Waals surface area (Å²) in [4.78, 5) is 0. The summed E-state index contributed by atoms with van der Waals surface area (Å²) in [5.41, 5.74) is 2.79. The van der Waals surface area contributed by atoms with Crippen LogP contribution in [-0.2, 0) is 11.2 Å². The maximum atomic E-state index is 5.99. The van der Waals surface area contributed by atoms with Crippen molar-refractivity contribution < 1.29 is 4.74 Å². The highest BCUT2D eigenvalue weighted by Gasteiger charge is 2.24. The quantitative estimate of drug-likeness (QED) is 0.728. The predicted octanol–water partition coefficient (Wildman–Crippen LogP) is 4.39. The van der Waals surface area contributed by atoms with Crippen molar-refractivity contribution in [2.45, 2.75) is 66.0 Å². The minimum Gasteiger partial charge on any atom is -0.377 e. The van der Waals surface area contributed by atoms with Gasteiger partial charge >= 0.3 is 0 Å². The van der Waals surface area contributed by atoms with Crippen molar-refractivity contribution in [1.29, 1.82) is 0 Å². The first kappa shape index (κ1) is 18.2. The van der Waals surface area contributed by atoms with E-state index in [1.165, 1.54) is 11.1 Å². The minimum atomic E-state index is 0.264. The fourth-order valence-corrected chi connectivity index (χ4v) is 2.82. The van der Waals surface area contributed by atoms with E-state index in [0.717, 1.165) is 19.6 Å². The molecular formula is C19H33NO. The van der Waals surface area contributed by atoms with Gasteiger partial charge in [-0.15, -0.1) is 0 Å². The molecule has 0 aromatic heterocycles. The van der Waals surface area contributed by atoms with Crippen LogP contribution >= 0.6 is 0 Å². The Morgan fingerprint density at radius 2 is 1.62 bits per heavy atom. The average Bonchev–Trinajstić information content (AvgIpc) is 2.44. The molecule has 0 aliphatic rings. The van der Waals surface area contributed by atoms with Gasteiger partial charge in [0, 0.05) is 12.6 Å². The van der Waals surface area contributed by atoms with Crippen LogP contribution in [0.1, 0.15) is 58.6 Å². The van der Waals surface area contributed by atoms with Gasteiger partial charge in [0.05, 0.1) is 6.10 Å². The minimum absolute atomic E-state index is 0.264. The Morgan fingerprint density at radius 3 is 2.05 bits per heavy atom. The second kappa shape index (κ2) is 9.22. The first-order valence-electron chi connectivity index (χ1n) is 8.43. The van der Waals surface area contributed by atoms with Crippen LogP contribution in [0.25, 0.3) is 0 Å². The fraction of sp³-hybridized carbons (Fsp3) is 0.684. The lowest BCUT2D eigenvalue weighted by Gasteiger charge is -2.31. The number of rotatable bonds is 9. The van der Waals surface area contributed by atoms with Gasteiger partial charge in [0.1, 0.15) is 0 Å². The molecule has 1 aromatic carbocycles. The maximum Gasteiger partial charge on any atom is 0.0753 e. The summed E-state index contributed by atoms with van der Waals surface area (Å²) in [6.45, 7) is 15.0. The van der Waals surface area contributed by atoms with Gasteiger partial charge < -0.3 is 10.1 Å². The zero-order valence-corrected chi connectivity index (χ0v) is 14.6. The molecule has 0 bridgehead atoms. The van der Waals surface area contributed by atoms with Crippen molar-refractivity contribution in [2.24, 2.45) is 5.92 Å². The van der Waals surface area contributed by atoms with E-state index < -0.39 is 0 Å². The summed E-state index contributed by atoms with van der Waals surface area (Å²) < 4.78 is 5.99. The van der Waals surface area contributed by atoms with E-state index in [9.17, 15) is 0 Å². The molecule has 2 atom stereocenters. The van der Waals surface area contributed by atoms with Crippen LogP contribution < -0.4 is 5.32 Å². The Kier molecular flexibility index (Phi) is 7.98. The number of nitrogens with one attached hydrogen (secondary N) is 1. The maximum absolute atomic E-state index is 5.99. The Bertz CT molecular complexity index is 383. The molecular weight excluding hydrogens is 258 g/mol. The van der Waals surface area contributed by atoms with Gasteiger partial charge in [0.2, 0.25) is 0 Å². The number of benzene rings is 1. The van der Waals surface area contributed by atoms with Crippen LogP contribution in [0, 0.1) is 5.92 Å². The van der Waals surface area contributed by atoms with Crippen LogP contribution in [0.4, 0.5) is 0 Å². The third-order valence-electron chi connectivity index (χ3n) is 3.98. The van der Waals surface area contributed by atoms with Crippen molar-refractivity contribution in [1.82, 2.24) is 5.32 Å². The largest absolute Gasteiger partial charge is 0.377 e. The summed E-state index contributed by atoms with van der Waals surface area (Å²) in [7, 11) is 0. The zero-order chi connectivity index (χ0) is 15.8. The molecule has 1 N–H and O–H groups in total. The van der Waals surface area contributed by atoms with Gasteiger partial charge in [-0.25, -0.2) is 0 Å². The molecule has 1 rings (SSSR count). The smallest absolute Gasteiger partial charge is 0.0753 e. The van der Waals surface area contributed by atoms with Gasteiger partial charge in [-0.05, 0) is 42.9 Å². The van der Waals surface area contributed by atoms with Crippen LogP contribution in [0.3, 0.4) is 0 Å². The van der Waals surface area contributed by atoms with Crippen molar-refractivity contribution in [3.8, 4) is 0 Å². The SMILES string of the molecule is CCNC(Cc1ccc(C(C)C)cc1)C(OCC)C(C)C. The molecule has 1 aromatic rings. The van der Waals surface area contributed by atoms with E-state index in [1.807, 2.05) is 0 Å². The molecule has 0 amide bonds. The zero-order valence-electron chi connectivity index (χ0n) is 14.6. The van der Waals surface area contributed by atoms with Gasteiger partial charge in [-0.3, -0.25) is 0 Å². The van der Waals surface area contributed by atoms with Crippen molar-refractivity contribution in [3.05, 3.63) is 35.4 Å². The first-order chi connectivity index (χ1) is 9.99. The third kappa shape index (κ3) is 5.80. The molecule has 0 saturated heterocycles. The van der Waals surface area contributed by atoms with E-state index in [2.05, 4.69) is 71.1 Å². The molecule has 0 heterocycles. The Hall–Kier alpha value is -0.860. The van der Waals surface area contributed by atoms with E-state index in [4.69, 9.17) is 4.74 Å². The fourth-order valence-electron chi connectivity index (χ4n) is 2.82. The lowest BCUT2D eigenvalue weighted by atomic mass is 9.92. The molecule has 0 radical (unpaired) electrons. The van der Waals surface area contributed by atoms with Gasteiger partial charge in [-0.1, -0.05) is 58.9 Å². The van der Waals surface area contributed by atoms with E-state index in [0.29, 0.717) is 17.9 Å². The summed E-state index contributed by atoms with van der Waals surface area (Å²) in [5.74, 6) is 1.11. The molecule has 0 aliphatic heterocycles. The Morgan fingerprint density at radius 1 is 1.00 bits per heavy atom. The molecule has 2 heteroatoms. The van der Waals surface area contributed by atoms with Crippen molar-refractivity contribution in [2.75, 3.05) is 13.2 Å². The topological polar surface area (TPSA) is 21.3 Å². The highest BCUT2D eigenvalue weighted by atomic mass is 16.5. The molecule has 0 spiro atoms. The lowest BCUT2D eigenvalue weighted by Crippen LogP contribution is -2.45. The van der Waals surface area contributed by atoms with Crippen LogP contribution in [0.2, 0.25) is 0 Å². The lowest BCUT2D eigenvalue weighted by molar-refractivity contribution is 0.00395. The molecule has 0 aliphatic carbocycles. The molecule has 0 saturated carbocycles. The second-order valence-corrected chi connectivity index (χ2v) is 6.43.